The number of pyridine rings is 1. The topological polar surface area (TPSA) is 42.2 Å². The Bertz CT molecular complexity index is 368. The van der Waals surface area contributed by atoms with Crippen LogP contribution >= 0.6 is 0 Å². The van der Waals surface area contributed by atoms with Gasteiger partial charge in [-0.3, -0.25) is 0 Å². The van der Waals surface area contributed by atoms with Crippen molar-refractivity contribution in [2.24, 2.45) is 0 Å². The molecule has 0 aromatic carbocycles. The number of anilines is 2. The van der Waals surface area contributed by atoms with E-state index in [9.17, 15) is 0 Å². The van der Waals surface area contributed by atoms with Gasteiger partial charge in [-0.2, -0.15) is 0 Å². The lowest BCUT2D eigenvalue weighted by atomic mass is 10.1. The lowest BCUT2D eigenvalue weighted by Crippen LogP contribution is -2.32. The highest BCUT2D eigenvalue weighted by molar-refractivity contribution is 5.63. The first kappa shape index (κ1) is 12.2. The van der Waals surface area contributed by atoms with Gasteiger partial charge in [0, 0.05) is 19.3 Å². The SMILES string of the molecule is Cc1cnc(N(C)C2CCCCCC2)c(N)c1. The van der Waals surface area contributed by atoms with Gasteiger partial charge in [-0.25, -0.2) is 4.98 Å². The van der Waals surface area contributed by atoms with Gasteiger partial charge in [-0.15, -0.1) is 0 Å². The molecular weight excluding hydrogens is 210 g/mol. The van der Waals surface area contributed by atoms with Crippen LogP contribution in [-0.4, -0.2) is 18.1 Å². The molecule has 3 nitrogen and oxygen atoms in total. The lowest BCUT2D eigenvalue weighted by Gasteiger charge is -2.29. The number of aromatic nitrogens is 1. The monoisotopic (exact) mass is 233 g/mol. The fourth-order valence-electron chi connectivity index (χ4n) is 2.70. The fraction of sp³-hybridized carbons (Fsp3) is 0.643. The average Bonchev–Trinajstić information content (AvgIpc) is 2.56. The quantitative estimate of drug-likeness (QED) is 0.798. The van der Waals surface area contributed by atoms with Gasteiger partial charge in [0.05, 0.1) is 5.69 Å². The van der Waals surface area contributed by atoms with E-state index in [-0.39, 0.29) is 0 Å². The average molecular weight is 233 g/mol. The van der Waals surface area contributed by atoms with Crippen LogP contribution in [0.5, 0.6) is 0 Å². The third-order valence-corrected chi connectivity index (χ3v) is 3.74. The predicted molar refractivity (Wildman–Crippen MR) is 73.3 cm³/mol. The summed E-state index contributed by atoms with van der Waals surface area (Å²) in [6, 6.07) is 2.62. The molecule has 2 N–H and O–H groups in total. The van der Waals surface area contributed by atoms with Gasteiger partial charge in [-0.1, -0.05) is 25.7 Å². The number of hydrogen-bond donors (Lipinski definition) is 1. The van der Waals surface area contributed by atoms with Gasteiger partial charge in [0.15, 0.2) is 5.82 Å². The van der Waals surface area contributed by atoms with Crippen LogP contribution in [0.15, 0.2) is 12.3 Å². The molecule has 0 saturated heterocycles. The van der Waals surface area contributed by atoms with E-state index < -0.39 is 0 Å². The van der Waals surface area contributed by atoms with Gasteiger partial charge in [0.2, 0.25) is 0 Å². The molecule has 17 heavy (non-hydrogen) atoms. The predicted octanol–water partition coefficient (Wildman–Crippen LogP) is 3.13. The minimum atomic E-state index is 0.606. The first-order valence-electron chi connectivity index (χ1n) is 6.63. The van der Waals surface area contributed by atoms with E-state index in [1.165, 1.54) is 38.5 Å². The van der Waals surface area contributed by atoms with Gasteiger partial charge in [0.25, 0.3) is 0 Å². The van der Waals surface area contributed by atoms with Gasteiger partial charge >= 0.3 is 0 Å². The van der Waals surface area contributed by atoms with Crippen LogP contribution in [0, 0.1) is 6.92 Å². The molecule has 1 saturated carbocycles. The second-order valence-electron chi connectivity index (χ2n) is 5.18. The fourth-order valence-corrected chi connectivity index (χ4v) is 2.70. The minimum absolute atomic E-state index is 0.606. The molecule has 3 heteroatoms. The lowest BCUT2D eigenvalue weighted by molar-refractivity contribution is 0.549. The normalized spacial score (nSPS) is 17.8. The van der Waals surface area contributed by atoms with Gasteiger partial charge in [-0.05, 0) is 31.4 Å². The van der Waals surface area contributed by atoms with Crippen molar-refractivity contribution >= 4 is 11.5 Å². The van der Waals surface area contributed by atoms with E-state index >= 15 is 0 Å². The molecule has 1 fully saturated rings. The van der Waals surface area contributed by atoms with E-state index in [0.717, 1.165) is 17.1 Å². The van der Waals surface area contributed by atoms with Crippen molar-refractivity contribution in [2.45, 2.75) is 51.5 Å². The first-order valence-corrected chi connectivity index (χ1v) is 6.63. The number of aryl methyl sites for hydroxylation is 1. The Kier molecular flexibility index (Phi) is 3.87. The highest BCUT2D eigenvalue weighted by Crippen LogP contribution is 2.27. The molecule has 0 spiro atoms. The summed E-state index contributed by atoms with van der Waals surface area (Å²) in [5.41, 5.74) is 7.99. The van der Waals surface area contributed by atoms with Crippen LogP contribution in [0.4, 0.5) is 11.5 Å². The van der Waals surface area contributed by atoms with Crippen molar-refractivity contribution in [2.75, 3.05) is 17.7 Å². The van der Waals surface area contributed by atoms with Crippen LogP contribution < -0.4 is 10.6 Å². The minimum Gasteiger partial charge on any atom is -0.396 e. The molecule has 0 bridgehead atoms. The number of nitrogen functional groups attached to an aromatic ring is 1. The van der Waals surface area contributed by atoms with Crippen molar-refractivity contribution in [1.82, 2.24) is 4.98 Å². The molecule has 94 valence electrons. The molecule has 1 heterocycles. The second kappa shape index (κ2) is 5.39. The van der Waals surface area contributed by atoms with Crippen LogP contribution in [0.3, 0.4) is 0 Å². The maximum Gasteiger partial charge on any atom is 0.151 e. The van der Waals surface area contributed by atoms with Crippen molar-refractivity contribution in [3.63, 3.8) is 0 Å². The number of hydrogen-bond acceptors (Lipinski definition) is 3. The number of nitrogens with zero attached hydrogens (tertiary/aromatic N) is 2. The molecule has 0 amide bonds. The zero-order valence-corrected chi connectivity index (χ0v) is 10.9. The smallest absolute Gasteiger partial charge is 0.151 e. The summed E-state index contributed by atoms with van der Waals surface area (Å²) in [7, 11) is 2.13. The van der Waals surface area contributed by atoms with E-state index in [2.05, 4.69) is 16.9 Å². The summed E-state index contributed by atoms with van der Waals surface area (Å²) >= 11 is 0. The molecule has 0 atom stereocenters. The van der Waals surface area contributed by atoms with Crippen LogP contribution in [-0.2, 0) is 0 Å². The highest BCUT2D eigenvalue weighted by atomic mass is 15.2. The standard InChI is InChI=1S/C14H23N3/c1-11-9-13(15)14(16-10-11)17(2)12-7-5-3-4-6-8-12/h9-10,12H,3-8,15H2,1-2H3. The van der Waals surface area contributed by atoms with Gasteiger partial charge in [0.1, 0.15) is 0 Å². The molecule has 1 aromatic heterocycles. The van der Waals surface area contributed by atoms with Crippen molar-refractivity contribution in [3.8, 4) is 0 Å². The molecule has 1 aliphatic rings. The molecule has 1 aliphatic carbocycles. The van der Waals surface area contributed by atoms with Crippen molar-refractivity contribution in [3.05, 3.63) is 17.8 Å². The van der Waals surface area contributed by atoms with Crippen LogP contribution in [0.25, 0.3) is 0 Å². The number of nitrogens with two attached hydrogens (primary N) is 1. The Morgan fingerprint density at radius 2 is 1.88 bits per heavy atom. The van der Waals surface area contributed by atoms with E-state index in [4.69, 9.17) is 5.73 Å². The molecule has 1 aromatic rings. The van der Waals surface area contributed by atoms with Crippen LogP contribution in [0.1, 0.15) is 44.1 Å². The zero-order chi connectivity index (χ0) is 12.3. The van der Waals surface area contributed by atoms with E-state index in [1.54, 1.807) is 0 Å². The molecule has 0 unspecified atom stereocenters. The summed E-state index contributed by atoms with van der Waals surface area (Å²) in [6.07, 6.45) is 9.86. The van der Waals surface area contributed by atoms with Gasteiger partial charge < -0.3 is 10.6 Å². The van der Waals surface area contributed by atoms with Crippen molar-refractivity contribution in [1.29, 1.82) is 0 Å². The largest absolute Gasteiger partial charge is 0.396 e. The molecule has 2 rings (SSSR count). The molecular formula is C14H23N3. The summed E-state index contributed by atoms with van der Waals surface area (Å²) in [6.45, 7) is 2.03. The molecule has 0 radical (unpaired) electrons. The van der Waals surface area contributed by atoms with E-state index in [0.29, 0.717) is 6.04 Å². The Morgan fingerprint density at radius 3 is 2.47 bits per heavy atom. The Hall–Kier alpha value is -1.25. The summed E-state index contributed by atoms with van der Waals surface area (Å²) in [4.78, 5) is 6.76. The Labute approximate surface area is 104 Å². The molecule has 0 aliphatic heterocycles. The summed E-state index contributed by atoms with van der Waals surface area (Å²) < 4.78 is 0. The van der Waals surface area contributed by atoms with E-state index in [1.807, 2.05) is 19.2 Å². The maximum atomic E-state index is 6.06. The highest BCUT2D eigenvalue weighted by Gasteiger charge is 2.19. The summed E-state index contributed by atoms with van der Waals surface area (Å²) in [5, 5.41) is 0. The third-order valence-electron chi connectivity index (χ3n) is 3.74. The Balaban J connectivity index is 2.14. The van der Waals surface area contributed by atoms with Crippen molar-refractivity contribution < 1.29 is 0 Å². The number of rotatable bonds is 2. The zero-order valence-electron chi connectivity index (χ0n) is 10.9. The van der Waals surface area contributed by atoms with Crippen LogP contribution in [0.2, 0.25) is 0 Å². The third kappa shape index (κ3) is 2.90. The summed E-state index contributed by atoms with van der Waals surface area (Å²) in [5.74, 6) is 0.947. The second-order valence-corrected chi connectivity index (χ2v) is 5.18. The first-order chi connectivity index (χ1) is 8.18. The maximum absolute atomic E-state index is 6.06. The Morgan fingerprint density at radius 1 is 1.24 bits per heavy atom.